The van der Waals surface area contributed by atoms with E-state index in [0.29, 0.717) is 18.4 Å². The molecule has 18 heavy (non-hydrogen) atoms. The van der Waals surface area contributed by atoms with Gasteiger partial charge in [0.15, 0.2) is 0 Å². The molecule has 0 spiro atoms. The minimum Gasteiger partial charge on any atom is -0.477 e. The molecule has 0 atom stereocenters. The van der Waals surface area contributed by atoms with Crippen LogP contribution in [0, 0.1) is 10.1 Å². The van der Waals surface area contributed by atoms with Crippen molar-refractivity contribution in [2.24, 2.45) is 0 Å². The number of hydrogen-bond acceptors (Lipinski definition) is 5. The SMILES string of the molecule is CCN(c1cc(C(=O)O)c([N+](=O)[O-])cn1)C1CC1. The molecule has 1 aromatic rings. The van der Waals surface area contributed by atoms with Gasteiger partial charge in [0.1, 0.15) is 17.6 Å². The number of aromatic carboxylic acids is 1. The van der Waals surface area contributed by atoms with Crippen molar-refractivity contribution in [2.45, 2.75) is 25.8 Å². The van der Waals surface area contributed by atoms with Crippen molar-refractivity contribution in [1.82, 2.24) is 4.98 Å². The van der Waals surface area contributed by atoms with Gasteiger partial charge in [0, 0.05) is 18.7 Å². The van der Waals surface area contributed by atoms with Crippen LogP contribution in [0.25, 0.3) is 0 Å². The van der Waals surface area contributed by atoms with E-state index in [1.807, 2.05) is 11.8 Å². The number of carboxylic acids is 1. The summed E-state index contributed by atoms with van der Waals surface area (Å²) in [5.74, 6) is -0.819. The van der Waals surface area contributed by atoms with Crippen LogP contribution >= 0.6 is 0 Å². The van der Waals surface area contributed by atoms with Crippen LogP contribution in [-0.2, 0) is 0 Å². The third kappa shape index (κ3) is 2.24. The van der Waals surface area contributed by atoms with Crippen molar-refractivity contribution in [2.75, 3.05) is 11.4 Å². The summed E-state index contributed by atoms with van der Waals surface area (Å²) in [6.07, 6.45) is 3.12. The van der Waals surface area contributed by atoms with Crippen molar-refractivity contribution in [1.29, 1.82) is 0 Å². The van der Waals surface area contributed by atoms with Gasteiger partial charge < -0.3 is 10.0 Å². The molecule has 0 bridgehead atoms. The number of nitro groups is 1. The molecule has 1 heterocycles. The molecule has 7 heteroatoms. The molecule has 0 amide bonds. The van der Waals surface area contributed by atoms with Crippen LogP contribution in [0.4, 0.5) is 11.5 Å². The highest BCUT2D eigenvalue weighted by atomic mass is 16.6. The molecule has 7 nitrogen and oxygen atoms in total. The molecule has 1 saturated carbocycles. The lowest BCUT2D eigenvalue weighted by Gasteiger charge is -2.21. The lowest BCUT2D eigenvalue weighted by molar-refractivity contribution is -0.385. The fourth-order valence-corrected chi connectivity index (χ4v) is 1.90. The van der Waals surface area contributed by atoms with Gasteiger partial charge in [-0.25, -0.2) is 9.78 Å². The summed E-state index contributed by atoms with van der Waals surface area (Å²) >= 11 is 0. The van der Waals surface area contributed by atoms with E-state index in [0.717, 1.165) is 19.0 Å². The third-order valence-electron chi connectivity index (χ3n) is 2.92. The van der Waals surface area contributed by atoms with Gasteiger partial charge in [-0.05, 0) is 19.8 Å². The summed E-state index contributed by atoms with van der Waals surface area (Å²) in [5, 5.41) is 19.7. The van der Waals surface area contributed by atoms with Gasteiger partial charge in [0.2, 0.25) is 0 Å². The maximum absolute atomic E-state index is 11.0. The van der Waals surface area contributed by atoms with Gasteiger partial charge >= 0.3 is 11.7 Å². The Bertz CT molecular complexity index is 499. The first kappa shape index (κ1) is 12.3. The topological polar surface area (TPSA) is 96.6 Å². The predicted molar refractivity (Wildman–Crippen MR) is 63.9 cm³/mol. The first-order valence-electron chi connectivity index (χ1n) is 5.69. The van der Waals surface area contributed by atoms with E-state index in [1.165, 1.54) is 6.07 Å². The Morgan fingerprint density at radius 1 is 1.67 bits per heavy atom. The Morgan fingerprint density at radius 2 is 2.33 bits per heavy atom. The van der Waals surface area contributed by atoms with E-state index in [1.54, 1.807) is 0 Å². The van der Waals surface area contributed by atoms with Crippen LogP contribution < -0.4 is 4.90 Å². The van der Waals surface area contributed by atoms with Crippen LogP contribution in [0.2, 0.25) is 0 Å². The average Bonchev–Trinajstić information content (AvgIpc) is 3.14. The maximum Gasteiger partial charge on any atom is 0.342 e. The molecule has 0 aromatic carbocycles. The molecule has 96 valence electrons. The number of nitrogens with zero attached hydrogens (tertiary/aromatic N) is 3. The number of rotatable bonds is 5. The van der Waals surface area contributed by atoms with Gasteiger partial charge in [-0.3, -0.25) is 10.1 Å². The highest BCUT2D eigenvalue weighted by Gasteiger charge is 2.30. The molecule has 2 rings (SSSR count). The fourth-order valence-electron chi connectivity index (χ4n) is 1.90. The Labute approximate surface area is 103 Å². The van der Waals surface area contributed by atoms with E-state index >= 15 is 0 Å². The van der Waals surface area contributed by atoms with Crippen LogP contribution in [0.3, 0.4) is 0 Å². The predicted octanol–water partition coefficient (Wildman–Crippen LogP) is 1.68. The second kappa shape index (κ2) is 4.59. The van der Waals surface area contributed by atoms with Gasteiger partial charge in [-0.1, -0.05) is 0 Å². The average molecular weight is 251 g/mol. The Morgan fingerprint density at radius 3 is 2.78 bits per heavy atom. The van der Waals surface area contributed by atoms with Crippen LogP contribution in [-0.4, -0.2) is 33.6 Å². The lowest BCUT2D eigenvalue weighted by Crippen LogP contribution is -2.26. The normalized spacial score (nSPS) is 14.3. The second-order valence-electron chi connectivity index (χ2n) is 4.14. The van der Waals surface area contributed by atoms with Gasteiger partial charge in [0.25, 0.3) is 0 Å². The quantitative estimate of drug-likeness (QED) is 0.631. The van der Waals surface area contributed by atoms with Crippen molar-refractivity contribution < 1.29 is 14.8 Å². The molecule has 0 aliphatic heterocycles. The summed E-state index contributed by atoms with van der Waals surface area (Å²) in [6.45, 7) is 2.65. The Balaban J connectivity index is 2.41. The first-order valence-corrected chi connectivity index (χ1v) is 5.69. The van der Waals surface area contributed by atoms with Crippen molar-refractivity contribution in [3.63, 3.8) is 0 Å². The van der Waals surface area contributed by atoms with Gasteiger partial charge in [-0.2, -0.15) is 0 Å². The van der Waals surface area contributed by atoms with E-state index < -0.39 is 16.6 Å². The first-order chi connectivity index (χ1) is 8.54. The monoisotopic (exact) mass is 251 g/mol. The molecular weight excluding hydrogens is 238 g/mol. The molecule has 0 radical (unpaired) electrons. The largest absolute Gasteiger partial charge is 0.477 e. The molecular formula is C11H13N3O4. The lowest BCUT2D eigenvalue weighted by atomic mass is 10.2. The molecule has 0 unspecified atom stereocenters. The van der Waals surface area contributed by atoms with E-state index in [4.69, 9.17) is 5.11 Å². The van der Waals surface area contributed by atoms with E-state index in [-0.39, 0.29) is 5.56 Å². The summed E-state index contributed by atoms with van der Waals surface area (Å²) in [4.78, 5) is 27.0. The summed E-state index contributed by atoms with van der Waals surface area (Å²) in [5.41, 5.74) is -0.790. The Kier molecular flexibility index (Phi) is 3.14. The summed E-state index contributed by atoms with van der Waals surface area (Å²) < 4.78 is 0. The summed E-state index contributed by atoms with van der Waals surface area (Å²) in [6, 6.07) is 1.66. The minimum absolute atomic E-state index is 0.316. The molecule has 1 fully saturated rings. The smallest absolute Gasteiger partial charge is 0.342 e. The van der Waals surface area contributed by atoms with Crippen molar-refractivity contribution >= 4 is 17.5 Å². The zero-order chi connectivity index (χ0) is 13.3. The highest BCUT2D eigenvalue weighted by molar-refractivity contribution is 5.93. The number of hydrogen-bond donors (Lipinski definition) is 1. The zero-order valence-corrected chi connectivity index (χ0v) is 9.87. The number of anilines is 1. The Hall–Kier alpha value is -2.18. The fraction of sp³-hybridized carbons (Fsp3) is 0.455. The van der Waals surface area contributed by atoms with E-state index in [9.17, 15) is 14.9 Å². The van der Waals surface area contributed by atoms with E-state index in [2.05, 4.69) is 4.98 Å². The maximum atomic E-state index is 11.0. The molecule has 0 saturated heterocycles. The summed E-state index contributed by atoms with van der Waals surface area (Å²) in [7, 11) is 0. The number of carboxylic acid groups (broad SMARTS) is 1. The van der Waals surface area contributed by atoms with Crippen LogP contribution in [0.15, 0.2) is 12.3 Å². The van der Waals surface area contributed by atoms with Crippen LogP contribution in [0.1, 0.15) is 30.1 Å². The number of carbonyl (C=O) groups is 1. The zero-order valence-electron chi connectivity index (χ0n) is 9.87. The number of pyridine rings is 1. The van der Waals surface area contributed by atoms with Gasteiger partial charge in [0.05, 0.1) is 4.92 Å². The molecule has 1 aliphatic carbocycles. The van der Waals surface area contributed by atoms with Crippen molar-refractivity contribution in [3.05, 3.63) is 27.9 Å². The number of aromatic nitrogens is 1. The second-order valence-corrected chi connectivity index (χ2v) is 4.14. The standard InChI is InChI=1S/C11H13N3O4/c1-2-13(7-3-4-7)10-5-8(11(15)16)9(6-12-10)14(17)18/h5-7H,2-4H2,1H3,(H,15,16). The third-order valence-corrected chi connectivity index (χ3v) is 2.92. The minimum atomic E-state index is -1.31. The molecule has 1 N–H and O–H groups in total. The van der Waals surface area contributed by atoms with Gasteiger partial charge in [-0.15, -0.1) is 0 Å². The van der Waals surface area contributed by atoms with Crippen molar-refractivity contribution in [3.8, 4) is 0 Å². The molecule has 1 aromatic heterocycles. The highest BCUT2D eigenvalue weighted by Crippen LogP contribution is 2.32. The van der Waals surface area contributed by atoms with Crippen LogP contribution in [0.5, 0.6) is 0 Å². The molecule has 1 aliphatic rings.